The molecule has 4 saturated heterocycles. The normalized spacial score (nSPS) is 39.5. The number of carbonyl (C=O) groups is 1. The van der Waals surface area contributed by atoms with Crippen LogP contribution in [-0.2, 0) is 0 Å². The molecular formula is C15H18N4O3. The average Bonchev–Trinajstić information content (AvgIpc) is 2.70. The zero-order valence-electron chi connectivity index (χ0n) is 12.2. The maximum absolute atomic E-state index is 12.8. The molecule has 0 aromatic heterocycles. The highest BCUT2D eigenvalue weighted by molar-refractivity contribution is 6.00. The molecule has 0 aliphatic carbocycles. The predicted octanol–water partition coefficient (Wildman–Crippen LogP) is 0.115. The van der Waals surface area contributed by atoms with Crippen molar-refractivity contribution in [1.82, 2.24) is 14.7 Å². The highest BCUT2D eigenvalue weighted by atomic mass is 16.6. The number of Topliss-reactive ketones (excluding diaryl/α,β-unsaturated/α-hetero) is 1. The number of nitro groups is 1. The molecule has 4 heterocycles. The number of hydrogen-bond donors (Lipinski definition) is 0. The number of hydrogen-bond acceptors (Lipinski definition) is 6. The van der Waals surface area contributed by atoms with E-state index >= 15 is 0 Å². The van der Waals surface area contributed by atoms with Crippen molar-refractivity contribution in [3.8, 4) is 0 Å². The lowest BCUT2D eigenvalue weighted by atomic mass is 9.94. The van der Waals surface area contributed by atoms with Crippen molar-refractivity contribution in [3.63, 3.8) is 0 Å². The zero-order chi connectivity index (χ0) is 15.3. The van der Waals surface area contributed by atoms with E-state index in [1.807, 2.05) is 35.2 Å². The highest BCUT2D eigenvalue weighted by Gasteiger charge is 2.57. The minimum absolute atomic E-state index is 0.0634. The molecule has 116 valence electrons. The van der Waals surface area contributed by atoms with Gasteiger partial charge in [0.1, 0.15) is 0 Å². The van der Waals surface area contributed by atoms with Gasteiger partial charge in [-0.15, -0.1) is 0 Å². The molecule has 4 fully saturated rings. The lowest BCUT2D eigenvalue weighted by Gasteiger charge is -2.46. The summed E-state index contributed by atoms with van der Waals surface area (Å²) in [5.74, 6) is 0.0634. The first kappa shape index (κ1) is 13.8. The smallest absolute Gasteiger partial charge is 0.259 e. The molecule has 4 bridgehead atoms. The Labute approximate surface area is 128 Å². The largest absolute Gasteiger partial charge is 0.292 e. The summed E-state index contributed by atoms with van der Waals surface area (Å²) in [6.07, 6.45) is 0. The van der Waals surface area contributed by atoms with Crippen molar-refractivity contribution in [3.05, 3.63) is 46.0 Å². The highest BCUT2D eigenvalue weighted by Crippen LogP contribution is 2.32. The van der Waals surface area contributed by atoms with Gasteiger partial charge in [-0.2, -0.15) is 0 Å². The van der Waals surface area contributed by atoms with Crippen LogP contribution in [0.3, 0.4) is 0 Å². The number of carbonyl (C=O) groups excluding carboxylic acids is 1. The fraction of sp³-hybridized carbons (Fsp3) is 0.533. The first-order valence-corrected chi connectivity index (χ1v) is 7.50. The number of nitrogens with zero attached hydrogens (tertiary/aromatic N) is 4. The van der Waals surface area contributed by atoms with Crippen molar-refractivity contribution in [1.29, 1.82) is 0 Å². The minimum atomic E-state index is -0.956. The second-order valence-corrected chi connectivity index (χ2v) is 6.60. The number of benzene rings is 1. The van der Waals surface area contributed by atoms with E-state index in [1.165, 1.54) is 0 Å². The summed E-state index contributed by atoms with van der Waals surface area (Å²) in [7, 11) is 0. The second-order valence-electron chi connectivity index (χ2n) is 6.60. The van der Waals surface area contributed by atoms with Crippen LogP contribution in [0.1, 0.15) is 10.4 Å². The van der Waals surface area contributed by atoms with Crippen LogP contribution < -0.4 is 0 Å². The Morgan fingerprint density at radius 2 is 1.86 bits per heavy atom. The van der Waals surface area contributed by atoms with E-state index in [-0.39, 0.29) is 16.7 Å². The third-order valence-electron chi connectivity index (χ3n) is 4.94. The SMILES string of the molecule is O=C(c1ccccc1)[C@H]1CN2CN3CN1C[C@]([N+](=O)[O-])(C2)C3. The van der Waals surface area contributed by atoms with Crippen LogP contribution in [0.2, 0.25) is 0 Å². The molecule has 1 aromatic carbocycles. The van der Waals surface area contributed by atoms with Gasteiger partial charge in [-0.05, 0) is 0 Å². The Kier molecular flexibility index (Phi) is 3.04. The van der Waals surface area contributed by atoms with E-state index in [2.05, 4.69) is 9.80 Å². The molecule has 0 radical (unpaired) electrons. The monoisotopic (exact) mass is 302 g/mol. The zero-order valence-corrected chi connectivity index (χ0v) is 12.2. The number of ketones is 1. The van der Waals surface area contributed by atoms with Crippen LogP contribution in [0.5, 0.6) is 0 Å². The molecule has 7 nitrogen and oxygen atoms in total. The Balaban J connectivity index is 1.67. The first-order valence-electron chi connectivity index (χ1n) is 7.50. The van der Waals surface area contributed by atoms with Crippen molar-refractivity contribution < 1.29 is 9.72 Å². The average molecular weight is 302 g/mol. The van der Waals surface area contributed by atoms with Gasteiger partial charge in [0.15, 0.2) is 5.78 Å². The van der Waals surface area contributed by atoms with Gasteiger partial charge >= 0.3 is 0 Å². The maximum Gasteiger partial charge on any atom is 0.259 e. The molecule has 3 unspecified atom stereocenters. The van der Waals surface area contributed by atoms with E-state index in [9.17, 15) is 14.9 Å². The molecule has 7 heteroatoms. The molecule has 0 saturated carbocycles. The topological polar surface area (TPSA) is 69.9 Å². The van der Waals surface area contributed by atoms with Gasteiger partial charge in [-0.25, -0.2) is 0 Å². The van der Waals surface area contributed by atoms with Crippen LogP contribution in [0.4, 0.5) is 0 Å². The molecule has 0 N–H and O–H groups in total. The predicted molar refractivity (Wildman–Crippen MR) is 79.0 cm³/mol. The summed E-state index contributed by atoms with van der Waals surface area (Å²) in [5, 5.41) is 11.6. The summed E-state index contributed by atoms with van der Waals surface area (Å²) in [4.78, 5) is 30.4. The van der Waals surface area contributed by atoms with Crippen LogP contribution in [0.25, 0.3) is 0 Å². The number of rotatable bonds is 3. The van der Waals surface area contributed by atoms with Crippen LogP contribution in [0.15, 0.2) is 30.3 Å². The molecule has 22 heavy (non-hydrogen) atoms. The third kappa shape index (κ3) is 2.05. The molecule has 0 amide bonds. The summed E-state index contributed by atoms with van der Waals surface area (Å²) in [5.41, 5.74) is -0.276. The van der Waals surface area contributed by atoms with Crippen molar-refractivity contribution in [2.75, 3.05) is 39.5 Å². The Hall–Kier alpha value is -1.83. The molecule has 1 aromatic rings. The van der Waals surface area contributed by atoms with Gasteiger partial charge in [-0.1, -0.05) is 30.3 Å². The standard InChI is InChI=1S/C15H18N4O3/c20-14(12-4-2-1-3-5-12)13-6-16-7-15(19(21)22)8-17(10-16)11-18(13)9-15/h1-5,13H,6-11H2/t13-,15+/m1/s1. The van der Waals surface area contributed by atoms with Crippen molar-refractivity contribution >= 4 is 5.78 Å². The molecule has 4 aliphatic heterocycles. The van der Waals surface area contributed by atoms with Gasteiger partial charge in [0.2, 0.25) is 0 Å². The first-order chi connectivity index (χ1) is 10.6. The van der Waals surface area contributed by atoms with Gasteiger partial charge in [0.05, 0.1) is 39.0 Å². The minimum Gasteiger partial charge on any atom is -0.292 e. The van der Waals surface area contributed by atoms with Crippen molar-refractivity contribution in [2.24, 2.45) is 0 Å². The van der Waals surface area contributed by atoms with Gasteiger partial charge < -0.3 is 0 Å². The van der Waals surface area contributed by atoms with E-state index < -0.39 is 5.54 Å². The lowest BCUT2D eigenvalue weighted by molar-refractivity contribution is -0.579. The summed E-state index contributed by atoms with van der Waals surface area (Å²) < 4.78 is 0. The summed E-state index contributed by atoms with van der Waals surface area (Å²) in [6, 6.07) is 8.93. The molecule has 5 rings (SSSR count). The van der Waals surface area contributed by atoms with Gasteiger partial charge in [0.25, 0.3) is 5.54 Å². The number of fused-ring (bicyclic) bond motifs is 1. The fourth-order valence-electron chi connectivity index (χ4n) is 4.05. The fourth-order valence-corrected chi connectivity index (χ4v) is 4.05. The Bertz CT molecular complexity index is 622. The van der Waals surface area contributed by atoms with Crippen molar-refractivity contribution in [2.45, 2.75) is 11.6 Å². The Morgan fingerprint density at radius 3 is 2.59 bits per heavy atom. The summed E-state index contributed by atoms with van der Waals surface area (Å²) in [6.45, 7) is 3.20. The van der Waals surface area contributed by atoms with Crippen LogP contribution in [0, 0.1) is 10.1 Å². The van der Waals surface area contributed by atoms with Gasteiger partial charge in [0, 0.05) is 17.0 Å². The summed E-state index contributed by atoms with van der Waals surface area (Å²) >= 11 is 0. The molecule has 5 atom stereocenters. The second kappa shape index (κ2) is 4.84. The van der Waals surface area contributed by atoms with E-state index in [0.717, 1.165) is 0 Å². The van der Waals surface area contributed by atoms with Gasteiger partial charge in [-0.3, -0.25) is 29.6 Å². The quantitative estimate of drug-likeness (QED) is 0.448. The molecular weight excluding hydrogens is 284 g/mol. The van der Waals surface area contributed by atoms with Crippen LogP contribution in [-0.4, -0.2) is 76.5 Å². The molecule has 4 aliphatic rings. The maximum atomic E-state index is 12.8. The van der Waals surface area contributed by atoms with E-state index in [0.29, 0.717) is 45.1 Å². The van der Waals surface area contributed by atoms with E-state index in [1.54, 1.807) is 0 Å². The van der Waals surface area contributed by atoms with E-state index in [4.69, 9.17) is 0 Å². The third-order valence-corrected chi connectivity index (χ3v) is 4.94. The van der Waals surface area contributed by atoms with Crippen LogP contribution >= 0.6 is 0 Å². The molecule has 0 spiro atoms. The Morgan fingerprint density at radius 1 is 1.14 bits per heavy atom. The lowest BCUT2D eigenvalue weighted by Crippen LogP contribution is -2.69.